The monoisotopic (exact) mass is 230 g/mol. The van der Waals surface area contributed by atoms with Crippen molar-refractivity contribution in [3.8, 4) is 6.07 Å². The molecular formula is C15H22N2. The largest absolute Gasteiger partial charge is 0.256 e. The number of hydrogen-bond acceptors (Lipinski definition) is 2. The second kappa shape index (κ2) is 4.87. The van der Waals surface area contributed by atoms with Gasteiger partial charge >= 0.3 is 0 Å². The lowest BCUT2D eigenvalue weighted by atomic mass is 9.87. The van der Waals surface area contributed by atoms with Crippen LogP contribution < -0.4 is 0 Å². The fourth-order valence-electron chi connectivity index (χ4n) is 1.65. The van der Waals surface area contributed by atoms with Crippen molar-refractivity contribution in [1.29, 1.82) is 5.26 Å². The van der Waals surface area contributed by atoms with Crippen LogP contribution in [-0.4, -0.2) is 4.98 Å². The smallest absolute Gasteiger partial charge is 0.101 e. The van der Waals surface area contributed by atoms with Crippen molar-refractivity contribution < 1.29 is 0 Å². The average molecular weight is 230 g/mol. The number of nitriles is 1. The van der Waals surface area contributed by atoms with Crippen molar-refractivity contribution in [1.82, 2.24) is 4.98 Å². The van der Waals surface area contributed by atoms with Gasteiger partial charge in [-0.05, 0) is 18.1 Å². The van der Waals surface area contributed by atoms with Crippen LogP contribution >= 0.6 is 0 Å². The first-order chi connectivity index (χ1) is 7.77. The molecule has 1 aromatic rings. The summed E-state index contributed by atoms with van der Waals surface area (Å²) in [6, 6.07) is 6.12. The van der Waals surface area contributed by atoms with E-state index in [0.29, 0.717) is 17.4 Å². The van der Waals surface area contributed by atoms with E-state index in [2.05, 4.69) is 47.6 Å². The third-order valence-electron chi connectivity index (χ3n) is 3.24. The van der Waals surface area contributed by atoms with E-state index in [9.17, 15) is 0 Å². The minimum atomic E-state index is 0.0272. The SMILES string of the molecule is CC(C)C(C)c1nc(C(C)(C)C)ccc1C#N. The van der Waals surface area contributed by atoms with Gasteiger partial charge < -0.3 is 0 Å². The van der Waals surface area contributed by atoms with Gasteiger partial charge in [0.25, 0.3) is 0 Å². The van der Waals surface area contributed by atoms with Crippen LogP contribution in [0.5, 0.6) is 0 Å². The third kappa shape index (κ3) is 3.06. The van der Waals surface area contributed by atoms with E-state index in [1.165, 1.54) is 0 Å². The highest BCUT2D eigenvalue weighted by molar-refractivity contribution is 5.37. The zero-order valence-electron chi connectivity index (χ0n) is 11.7. The number of pyridine rings is 1. The summed E-state index contributed by atoms with van der Waals surface area (Å²) in [4.78, 5) is 4.71. The van der Waals surface area contributed by atoms with Crippen molar-refractivity contribution >= 4 is 0 Å². The first-order valence-corrected chi connectivity index (χ1v) is 6.19. The summed E-state index contributed by atoms with van der Waals surface area (Å²) in [7, 11) is 0. The first-order valence-electron chi connectivity index (χ1n) is 6.19. The molecule has 0 aliphatic rings. The van der Waals surface area contributed by atoms with E-state index in [1.807, 2.05) is 12.1 Å². The van der Waals surface area contributed by atoms with Crippen molar-refractivity contribution in [2.45, 2.75) is 52.9 Å². The molecular weight excluding hydrogens is 208 g/mol. The fraction of sp³-hybridized carbons (Fsp3) is 0.600. The highest BCUT2D eigenvalue weighted by Gasteiger charge is 2.21. The topological polar surface area (TPSA) is 36.7 Å². The van der Waals surface area contributed by atoms with E-state index >= 15 is 0 Å². The molecule has 0 fully saturated rings. The average Bonchev–Trinajstić information content (AvgIpc) is 2.25. The summed E-state index contributed by atoms with van der Waals surface area (Å²) in [5, 5.41) is 9.15. The lowest BCUT2D eigenvalue weighted by molar-refractivity contribution is 0.508. The Hall–Kier alpha value is -1.36. The lowest BCUT2D eigenvalue weighted by Crippen LogP contribution is -2.17. The number of nitrogens with zero attached hydrogens (tertiary/aromatic N) is 2. The molecule has 17 heavy (non-hydrogen) atoms. The zero-order valence-corrected chi connectivity index (χ0v) is 11.7. The molecule has 0 saturated carbocycles. The summed E-state index contributed by atoms with van der Waals surface area (Å²) in [5.41, 5.74) is 2.73. The molecule has 0 amide bonds. The quantitative estimate of drug-likeness (QED) is 0.769. The van der Waals surface area contributed by atoms with Crippen molar-refractivity contribution in [3.05, 3.63) is 29.1 Å². The molecule has 1 heterocycles. The summed E-state index contributed by atoms with van der Waals surface area (Å²) >= 11 is 0. The van der Waals surface area contributed by atoms with Crippen LogP contribution in [0.1, 0.15) is 64.4 Å². The maximum Gasteiger partial charge on any atom is 0.101 e. The Balaban J connectivity index is 3.31. The molecule has 0 aliphatic heterocycles. The van der Waals surface area contributed by atoms with Gasteiger partial charge in [-0.2, -0.15) is 5.26 Å². The number of aromatic nitrogens is 1. The van der Waals surface area contributed by atoms with Crippen LogP contribution in [-0.2, 0) is 5.41 Å². The zero-order chi connectivity index (χ0) is 13.2. The van der Waals surface area contributed by atoms with Gasteiger partial charge in [-0.15, -0.1) is 0 Å². The molecule has 92 valence electrons. The highest BCUT2D eigenvalue weighted by atomic mass is 14.7. The molecule has 1 atom stereocenters. The van der Waals surface area contributed by atoms with Crippen LogP contribution in [0.2, 0.25) is 0 Å². The Labute approximate surface area is 105 Å². The molecule has 0 radical (unpaired) electrons. The molecule has 0 bridgehead atoms. The van der Waals surface area contributed by atoms with Gasteiger partial charge in [0.1, 0.15) is 6.07 Å². The summed E-state index contributed by atoms with van der Waals surface area (Å²) in [6.07, 6.45) is 0. The van der Waals surface area contributed by atoms with Crippen LogP contribution in [0, 0.1) is 17.2 Å². The van der Waals surface area contributed by atoms with Crippen molar-refractivity contribution in [3.63, 3.8) is 0 Å². The second-order valence-electron chi connectivity index (χ2n) is 6.02. The minimum Gasteiger partial charge on any atom is -0.256 e. The molecule has 0 N–H and O–H groups in total. The van der Waals surface area contributed by atoms with Crippen molar-refractivity contribution in [2.24, 2.45) is 5.92 Å². The number of hydrogen-bond donors (Lipinski definition) is 0. The van der Waals surface area contributed by atoms with E-state index in [0.717, 1.165) is 11.4 Å². The standard InChI is InChI=1S/C15H22N2/c1-10(2)11(3)14-12(9-16)7-8-13(17-14)15(4,5)6/h7-8,10-11H,1-6H3. The molecule has 2 nitrogen and oxygen atoms in total. The lowest BCUT2D eigenvalue weighted by Gasteiger charge is -2.22. The molecule has 1 rings (SSSR count). The molecule has 0 aromatic carbocycles. The molecule has 1 unspecified atom stereocenters. The molecule has 0 spiro atoms. The molecule has 0 saturated heterocycles. The van der Waals surface area contributed by atoms with E-state index in [4.69, 9.17) is 10.2 Å². The molecule has 2 heteroatoms. The van der Waals surface area contributed by atoms with Gasteiger partial charge in [-0.3, -0.25) is 4.98 Å². The summed E-state index contributed by atoms with van der Waals surface area (Å²) < 4.78 is 0. The van der Waals surface area contributed by atoms with Crippen LogP contribution in [0.4, 0.5) is 0 Å². The van der Waals surface area contributed by atoms with Gasteiger partial charge in [-0.1, -0.05) is 41.5 Å². The van der Waals surface area contributed by atoms with Gasteiger partial charge in [0.15, 0.2) is 0 Å². The van der Waals surface area contributed by atoms with Gasteiger partial charge in [0, 0.05) is 17.0 Å². The van der Waals surface area contributed by atoms with Crippen LogP contribution in [0.3, 0.4) is 0 Å². The van der Waals surface area contributed by atoms with Gasteiger partial charge in [0.2, 0.25) is 0 Å². The van der Waals surface area contributed by atoms with Crippen LogP contribution in [0.25, 0.3) is 0 Å². The minimum absolute atomic E-state index is 0.0272. The summed E-state index contributed by atoms with van der Waals surface area (Å²) in [6.45, 7) is 12.9. The summed E-state index contributed by atoms with van der Waals surface area (Å²) in [5.74, 6) is 0.803. The van der Waals surface area contributed by atoms with E-state index < -0.39 is 0 Å². The fourth-order valence-corrected chi connectivity index (χ4v) is 1.65. The predicted octanol–water partition coefficient (Wildman–Crippen LogP) is 4.01. The maximum atomic E-state index is 9.15. The van der Waals surface area contributed by atoms with Crippen LogP contribution in [0.15, 0.2) is 12.1 Å². The van der Waals surface area contributed by atoms with Gasteiger partial charge in [-0.25, -0.2) is 0 Å². The normalized spacial score (nSPS) is 13.5. The Morgan fingerprint density at radius 1 is 1.18 bits per heavy atom. The predicted molar refractivity (Wildman–Crippen MR) is 70.9 cm³/mol. The van der Waals surface area contributed by atoms with E-state index in [-0.39, 0.29) is 5.41 Å². The Bertz CT molecular complexity index is 433. The molecule has 0 aliphatic carbocycles. The third-order valence-corrected chi connectivity index (χ3v) is 3.24. The van der Waals surface area contributed by atoms with E-state index in [1.54, 1.807) is 0 Å². The highest BCUT2D eigenvalue weighted by Crippen LogP contribution is 2.28. The second-order valence-corrected chi connectivity index (χ2v) is 6.02. The molecule has 1 aromatic heterocycles. The Morgan fingerprint density at radius 3 is 2.18 bits per heavy atom. The maximum absolute atomic E-state index is 9.15. The first kappa shape index (κ1) is 13.7. The Kier molecular flexibility index (Phi) is 3.93. The van der Waals surface area contributed by atoms with Gasteiger partial charge in [0.05, 0.1) is 11.3 Å². The number of rotatable bonds is 2. The Morgan fingerprint density at radius 2 is 1.76 bits per heavy atom. The van der Waals surface area contributed by atoms with Crippen molar-refractivity contribution in [2.75, 3.05) is 0 Å².